The molecule has 1 aliphatic carbocycles. The minimum absolute atomic E-state index is 0.0510. The lowest BCUT2D eigenvalue weighted by molar-refractivity contribution is -0.119. The average molecular weight is 312 g/mol. The van der Waals surface area contributed by atoms with Crippen molar-refractivity contribution in [3.63, 3.8) is 0 Å². The van der Waals surface area contributed by atoms with Crippen LogP contribution in [0.5, 0.6) is 0 Å². The molecule has 0 radical (unpaired) electrons. The zero-order valence-electron chi connectivity index (χ0n) is 13.2. The van der Waals surface area contributed by atoms with Gasteiger partial charge < -0.3 is 16.6 Å². The molecule has 0 aliphatic heterocycles. The molecular formula is C19H24N2O2. The minimum atomic E-state index is -0.513. The standard InChI is InChI=1S/C11H13NO.C8H11NO/c12-11(13)10-7-3-5-8-4-1-2-6-9(8)10;9-6-8(10)7-4-2-1-3-5-7/h1-2,4,6,10H,3,5,7H2,(H2,12,13);1-5,8,10H,6,9H2. The maximum absolute atomic E-state index is 11.1. The summed E-state index contributed by atoms with van der Waals surface area (Å²) in [5.74, 6) is -0.239. The highest BCUT2D eigenvalue weighted by Gasteiger charge is 2.23. The number of hydrogen-bond donors (Lipinski definition) is 3. The van der Waals surface area contributed by atoms with Crippen molar-refractivity contribution in [2.45, 2.75) is 31.3 Å². The van der Waals surface area contributed by atoms with Crippen molar-refractivity contribution in [2.75, 3.05) is 6.54 Å². The quantitative estimate of drug-likeness (QED) is 0.812. The van der Waals surface area contributed by atoms with Gasteiger partial charge in [0, 0.05) is 6.54 Å². The zero-order chi connectivity index (χ0) is 16.7. The molecule has 3 rings (SSSR count). The molecule has 4 heteroatoms. The van der Waals surface area contributed by atoms with E-state index in [0.29, 0.717) is 0 Å². The first kappa shape index (κ1) is 17.2. The predicted octanol–water partition coefficient (Wildman–Crippen LogP) is 2.27. The third-order valence-electron chi connectivity index (χ3n) is 4.12. The number of fused-ring (bicyclic) bond motifs is 1. The van der Waals surface area contributed by atoms with Gasteiger partial charge in [-0.25, -0.2) is 0 Å². The number of primary amides is 1. The van der Waals surface area contributed by atoms with Crippen LogP contribution in [0.25, 0.3) is 0 Å². The highest BCUT2D eigenvalue weighted by atomic mass is 16.3. The van der Waals surface area contributed by atoms with E-state index < -0.39 is 6.10 Å². The SMILES string of the molecule is NC(=O)C1CCCc2ccccc21.NCC(O)c1ccccc1. The van der Waals surface area contributed by atoms with E-state index in [1.807, 2.05) is 48.5 Å². The van der Waals surface area contributed by atoms with Crippen LogP contribution in [-0.4, -0.2) is 17.6 Å². The lowest BCUT2D eigenvalue weighted by Crippen LogP contribution is -2.24. The molecule has 2 aromatic carbocycles. The van der Waals surface area contributed by atoms with Crippen molar-refractivity contribution in [3.8, 4) is 0 Å². The largest absolute Gasteiger partial charge is 0.387 e. The molecule has 2 unspecified atom stereocenters. The lowest BCUT2D eigenvalue weighted by Gasteiger charge is -2.22. The van der Waals surface area contributed by atoms with Crippen molar-refractivity contribution in [1.82, 2.24) is 0 Å². The molecule has 0 saturated heterocycles. The Hall–Kier alpha value is -2.17. The summed E-state index contributed by atoms with van der Waals surface area (Å²) in [6.45, 7) is 0.282. The number of nitrogens with two attached hydrogens (primary N) is 2. The summed E-state index contributed by atoms with van der Waals surface area (Å²) in [7, 11) is 0. The summed E-state index contributed by atoms with van der Waals surface area (Å²) < 4.78 is 0. The van der Waals surface area contributed by atoms with Crippen LogP contribution in [0.2, 0.25) is 0 Å². The number of benzene rings is 2. The second-order valence-corrected chi connectivity index (χ2v) is 5.71. The highest BCUT2D eigenvalue weighted by Crippen LogP contribution is 2.30. The third-order valence-corrected chi connectivity index (χ3v) is 4.12. The van der Waals surface area contributed by atoms with Gasteiger partial charge in [-0.05, 0) is 36.0 Å². The van der Waals surface area contributed by atoms with E-state index in [-0.39, 0.29) is 18.4 Å². The smallest absolute Gasteiger partial charge is 0.224 e. The Morgan fingerprint density at radius 3 is 2.43 bits per heavy atom. The second-order valence-electron chi connectivity index (χ2n) is 5.71. The Morgan fingerprint density at radius 2 is 1.78 bits per heavy atom. The zero-order valence-corrected chi connectivity index (χ0v) is 13.2. The van der Waals surface area contributed by atoms with Crippen LogP contribution in [0.3, 0.4) is 0 Å². The first-order valence-electron chi connectivity index (χ1n) is 7.93. The van der Waals surface area contributed by atoms with Gasteiger partial charge in [0.15, 0.2) is 0 Å². The number of hydrogen-bond acceptors (Lipinski definition) is 3. The Balaban J connectivity index is 0.000000174. The van der Waals surface area contributed by atoms with Crippen molar-refractivity contribution in [3.05, 3.63) is 71.3 Å². The molecular weight excluding hydrogens is 288 g/mol. The molecule has 0 spiro atoms. The van der Waals surface area contributed by atoms with Crippen molar-refractivity contribution in [1.29, 1.82) is 0 Å². The van der Waals surface area contributed by atoms with E-state index in [9.17, 15) is 9.90 Å². The predicted molar refractivity (Wildman–Crippen MR) is 91.8 cm³/mol. The summed E-state index contributed by atoms with van der Waals surface area (Å²) >= 11 is 0. The van der Waals surface area contributed by atoms with Gasteiger partial charge in [0.25, 0.3) is 0 Å². The Morgan fingerprint density at radius 1 is 1.13 bits per heavy atom. The van der Waals surface area contributed by atoms with Gasteiger partial charge in [-0.1, -0.05) is 54.6 Å². The summed E-state index contributed by atoms with van der Waals surface area (Å²) in [5, 5.41) is 9.20. The fourth-order valence-electron chi connectivity index (χ4n) is 2.86. The van der Waals surface area contributed by atoms with Crippen molar-refractivity contribution >= 4 is 5.91 Å². The maximum Gasteiger partial charge on any atom is 0.224 e. The fourth-order valence-corrected chi connectivity index (χ4v) is 2.86. The molecule has 1 aliphatic rings. The molecule has 0 heterocycles. The number of amides is 1. The Kier molecular flexibility index (Phi) is 6.32. The lowest BCUT2D eigenvalue weighted by atomic mass is 9.82. The molecule has 4 nitrogen and oxygen atoms in total. The highest BCUT2D eigenvalue weighted by molar-refractivity contribution is 5.82. The van der Waals surface area contributed by atoms with Gasteiger partial charge in [0.1, 0.15) is 0 Å². The summed E-state index contributed by atoms with van der Waals surface area (Å²) in [5.41, 5.74) is 13.9. The van der Waals surface area contributed by atoms with E-state index in [1.165, 1.54) is 5.56 Å². The Labute approximate surface area is 137 Å². The first-order chi connectivity index (χ1) is 11.1. The fraction of sp³-hybridized carbons (Fsp3) is 0.316. The molecule has 0 fully saturated rings. The van der Waals surface area contributed by atoms with Gasteiger partial charge in [0.2, 0.25) is 5.91 Å². The number of aliphatic hydroxyl groups is 1. The summed E-state index contributed by atoms with van der Waals surface area (Å²) in [4.78, 5) is 11.1. The number of carbonyl (C=O) groups is 1. The second kappa shape index (κ2) is 8.46. The molecule has 0 bridgehead atoms. The number of rotatable bonds is 3. The van der Waals surface area contributed by atoms with Gasteiger partial charge in [-0.15, -0.1) is 0 Å². The molecule has 0 saturated carbocycles. The van der Waals surface area contributed by atoms with Crippen LogP contribution in [0.1, 0.15) is 41.6 Å². The minimum Gasteiger partial charge on any atom is -0.387 e. The van der Waals surface area contributed by atoms with Crippen molar-refractivity contribution in [2.24, 2.45) is 11.5 Å². The van der Waals surface area contributed by atoms with E-state index in [0.717, 1.165) is 30.4 Å². The van der Waals surface area contributed by atoms with E-state index in [2.05, 4.69) is 6.07 Å². The summed E-state index contributed by atoms with van der Waals surface area (Å²) in [6, 6.07) is 17.5. The van der Waals surface area contributed by atoms with E-state index >= 15 is 0 Å². The third kappa shape index (κ3) is 4.65. The monoisotopic (exact) mass is 312 g/mol. The Bertz CT molecular complexity index is 628. The molecule has 23 heavy (non-hydrogen) atoms. The van der Waals surface area contributed by atoms with Gasteiger partial charge in [-0.2, -0.15) is 0 Å². The van der Waals surface area contributed by atoms with Crippen LogP contribution >= 0.6 is 0 Å². The van der Waals surface area contributed by atoms with E-state index in [1.54, 1.807) is 0 Å². The van der Waals surface area contributed by atoms with Gasteiger partial charge >= 0.3 is 0 Å². The molecule has 0 aromatic heterocycles. The average Bonchev–Trinajstić information content (AvgIpc) is 2.61. The van der Waals surface area contributed by atoms with Crippen LogP contribution in [0, 0.1) is 0 Å². The van der Waals surface area contributed by atoms with Gasteiger partial charge in [-0.3, -0.25) is 4.79 Å². The molecule has 1 amide bonds. The maximum atomic E-state index is 11.1. The van der Waals surface area contributed by atoms with Crippen molar-refractivity contribution < 1.29 is 9.90 Å². The van der Waals surface area contributed by atoms with E-state index in [4.69, 9.17) is 11.5 Å². The number of aryl methyl sites for hydroxylation is 1. The number of carbonyl (C=O) groups excluding carboxylic acids is 1. The topological polar surface area (TPSA) is 89.3 Å². The van der Waals surface area contributed by atoms with Crippen LogP contribution in [-0.2, 0) is 11.2 Å². The number of aliphatic hydroxyl groups excluding tert-OH is 1. The molecule has 122 valence electrons. The van der Waals surface area contributed by atoms with Crippen LogP contribution in [0.4, 0.5) is 0 Å². The first-order valence-corrected chi connectivity index (χ1v) is 7.93. The van der Waals surface area contributed by atoms with Crippen LogP contribution in [0.15, 0.2) is 54.6 Å². The molecule has 2 atom stereocenters. The normalized spacial score (nSPS) is 17.4. The van der Waals surface area contributed by atoms with Crippen LogP contribution < -0.4 is 11.5 Å². The molecule has 2 aromatic rings. The summed E-state index contributed by atoms with van der Waals surface area (Å²) in [6.07, 6.45) is 2.55. The van der Waals surface area contributed by atoms with Gasteiger partial charge in [0.05, 0.1) is 12.0 Å². The molecule has 5 N–H and O–H groups in total.